The van der Waals surface area contributed by atoms with Gasteiger partial charge in [-0.15, -0.1) is 0 Å². The van der Waals surface area contributed by atoms with E-state index in [0.29, 0.717) is 0 Å². The number of rotatable bonds is 13. The number of hydrogen-bond acceptors (Lipinski definition) is 8. The third kappa shape index (κ3) is 9.91. The highest BCUT2D eigenvalue weighted by molar-refractivity contribution is 5.88. The Kier molecular flexibility index (Phi) is 11.5. The Morgan fingerprint density at radius 2 is 1.35 bits per heavy atom. The van der Waals surface area contributed by atoms with Crippen LogP contribution in [0, 0.1) is 0 Å². The van der Waals surface area contributed by atoms with Crippen molar-refractivity contribution >= 4 is 29.8 Å². The summed E-state index contributed by atoms with van der Waals surface area (Å²) in [6.45, 7) is 4.38. The normalized spacial score (nSPS) is 12.6. The van der Waals surface area contributed by atoms with Crippen LogP contribution >= 0.6 is 0 Å². The molecule has 0 fully saturated rings. The molecule has 4 rings (SSSR count). The summed E-state index contributed by atoms with van der Waals surface area (Å²) in [5.41, 5.74) is 4.27. The minimum Gasteiger partial charge on any atom is -0.460 e. The van der Waals surface area contributed by atoms with Crippen LogP contribution in [0.1, 0.15) is 56.2 Å². The van der Waals surface area contributed by atoms with Gasteiger partial charge in [0.15, 0.2) is 0 Å². The van der Waals surface area contributed by atoms with Gasteiger partial charge in [-0.3, -0.25) is 14.4 Å². The number of esters is 2. The van der Waals surface area contributed by atoms with Crippen molar-refractivity contribution < 1.29 is 38.2 Å². The van der Waals surface area contributed by atoms with Crippen LogP contribution < -0.4 is 16.0 Å². The van der Waals surface area contributed by atoms with Gasteiger partial charge in [0.1, 0.15) is 37.9 Å². The SMILES string of the molecule is CC(C)(C)OC(=O)C(CCC(=O)NCC(=O)OCc1ccccc1)NC(=O)CNC(=O)OCC1c2ccccc2-c2ccccc21. The van der Waals surface area contributed by atoms with Crippen LogP contribution in [0.2, 0.25) is 0 Å². The summed E-state index contributed by atoms with van der Waals surface area (Å²) >= 11 is 0. The second-order valence-electron chi connectivity index (χ2n) is 11.8. The quantitative estimate of drug-likeness (QED) is 0.190. The Morgan fingerprint density at radius 1 is 0.739 bits per heavy atom. The number of carbonyl (C=O) groups excluding carboxylic acids is 5. The Hall–Kier alpha value is -5.19. The molecule has 3 amide bonds. The maximum Gasteiger partial charge on any atom is 0.407 e. The molecule has 11 nitrogen and oxygen atoms in total. The predicted octanol–water partition coefficient (Wildman–Crippen LogP) is 3.99. The van der Waals surface area contributed by atoms with E-state index in [0.717, 1.165) is 27.8 Å². The fourth-order valence-electron chi connectivity index (χ4n) is 4.99. The van der Waals surface area contributed by atoms with E-state index in [1.54, 1.807) is 20.8 Å². The highest BCUT2D eigenvalue weighted by Crippen LogP contribution is 2.44. The monoisotopic (exact) mass is 629 g/mol. The summed E-state index contributed by atoms with van der Waals surface area (Å²) in [6.07, 6.45) is -1.07. The van der Waals surface area contributed by atoms with Crippen molar-refractivity contribution in [1.29, 1.82) is 0 Å². The van der Waals surface area contributed by atoms with E-state index in [9.17, 15) is 24.0 Å². The Bertz CT molecular complexity index is 1510. The molecule has 0 bridgehead atoms. The van der Waals surface area contributed by atoms with Gasteiger partial charge in [-0.25, -0.2) is 9.59 Å². The van der Waals surface area contributed by atoms with Gasteiger partial charge in [0.05, 0.1) is 0 Å². The van der Waals surface area contributed by atoms with Gasteiger partial charge in [-0.1, -0.05) is 78.9 Å². The van der Waals surface area contributed by atoms with Crippen molar-refractivity contribution in [3.05, 3.63) is 95.6 Å². The van der Waals surface area contributed by atoms with Gasteiger partial charge >= 0.3 is 18.0 Å². The molecule has 0 saturated heterocycles. The van der Waals surface area contributed by atoms with Crippen LogP contribution in [0.4, 0.5) is 4.79 Å². The third-order valence-corrected chi connectivity index (χ3v) is 7.10. The number of nitrogens with one attached hydrogen (secondary N) is 3. The summed E-state index contributed by atoms with van der Waals surface area (Å²) in [5, 5.41) is 7.39. The third-order valence-electron chi connectivity index (χ3n) is 7.10. The van der Waals surface area contributed by atoms with Crippen LogP contribution in [0.3, 0.4) is 0 Å². The van der Waals surface area contributed by atoms with E-state index in [-0.39, 0.29) is 38.5 Å². The average molecular weight is 630 g/mol. The molecule has 0 radical (unpaired) electrons. The Labute approximate surface area is 268 Å². The fraction of sp³-hybridized carbons (Fsp3) is 0.343. The molecule has 11 heteroatoms. The zero-order valence-electron chi connectivity index (χ0n) is 26.2. The molecule has 0 aliphatic heterocycles. The molecule has 3 N–H and O–H groups in total. The van der Waals surface area contributed by atoms with Crippen molar-refractivity contribution in [2.45, 2.75) is 57.8 Å². The lowest BCUT2D eigenvalue weighted by molar-refractivity contribution is -0.159. The Morgan fingerprint density at radius 3 is 1.98 bits per heavy atom. The fourth-order valence-corrected chi connectivity index (χ4v) is 4.99. The largest absolute Gasteiger partial charge is 0.460 e. The molecule has 1 aliphatic carbocycles. The molecule has 1 aliphatic rings. The first-order valence-corrected chi connectivity index (χ1v) is 15.1. The second kappa shape index (κ2) is 15.7. The maximum atomic E-state index is 12.8. The van der Waals surface area contributed by atoms with Gasteiger partial charge in [0.2, 0.25) is 11.8 Å². The summed E-state index contributed by atoms with van der Waals surface area (Å²) in [5.74, 6) is -2.68. The second-order valence-corrected chi connectivity index (χ2v) is 11.8. The van der Waals surface area contributed by atoms with Crippen molar-refractivity contribution in [2.75, 3.05) is 19.7 Å². The highest BCUT2D eigenvalue weighted by atomic mass is 16.6. The molecule has 1 atom stereocenters. The highest BCUT2D eigenvalue weighted by Gasteiger charge is 2.30. The smallest absolute Gasteiger partial charge is 0.407 e. The number of hydrogen-bond donors (Lipinski definition) is 3. The zero-order chi connectivity index (χ0) is 33.1. The van der Waals surface area contributed by atoms with Crippen LogP contribution in [-0.4, -0.2) is 61.2 Å². The van der Waals surface area contributed by atoms with E-state index in [2.05, 4.69) is 16.0 Å². The van der Waals surface area contributed by atoms with Gasteiger partial charge in [-0.05, 0) is 55.0 Å². The summed E-state index contributed by atoms with van der Waals surface area (Å²) in [7, 11) is 0. The molecular weight excluding hydrogens is 590 g/mol. The minimum atomic E-state index is -1.17. The number of amides is 3. The van der Waals surface area contributed by atoms with Gasteiger partial charge in [0.25, 0.3) is 0 Å². The van der Waals surface area contributed by atoms with Crippen molar-refractivity contribution in [3.63, 3.8) is 0 Å². The molecule has 0 aromatic heterocycles. The molecule has 0 spiro atoms. The molecule has 242 valence electrons. The number of ether oxygens (including phenoxy) is 3. The number of benzene rings is 3. The van der Waals surface area contributed by atoms with Crippen molar-refractivity contribution in [2.24, 2.45) is 0 Å². The average Bonchev–Trinajstić information content (AvgIpc) is 3.35. The lowest BCUT2D eigenvalue weighted by Crippen LogP contribution is -2.48. The topological polar surface area (TPSA) is 149 Å². The van der Waals surface area contributed by atoms with E-state index >= 15 is 0 Å². The molecule has 0 heterocycles. The first kappa shape index (κ1) is 33.7. The van der Waals surface area contributed by atoms with Crippen LogP contribution in [-0.2, 0) is 40.0 Å². The number of carbonyl (C=O) groups is 5. The number of fused-ring (bicyclic) bond motifs is 3. The van der Waals surface area contributed by atoms with E-state index < -0.39 is 48.0 Å². The molecule has 3 aromatic carbocycles. The molecule has 46 heavy (non-hydrogen) atoms. The molecule has 1 unspecified atom stereocenters. The number of alkyl carbamates (subject to hydrolysis) is 1. The van der Waals surface area contributed by atoms with Gasteiger partial charge < -0.3 is 30.2 Å². The summed E-state index contributed by atoms with van der Waals surface area (Å²) in [4.78, 5) is 62.5. The Balaban J connectivity index is 1.23. The van der Waals surface area contributed by atoms with Crippen molar-refractivity contribution in [3.8, 4) is 11.1 Å². The van der Waals surface area contributed by atoms with Crippen LogP contribution in [0.5, 0.6) is 0 Å². The van der Waals surface area contributed by atoms with E-state index in [1.165, 1.54) is 0 Å². The van der Waals surface area contributed by atoms with Crippen LogP contribution in [0.25, 0.3) is 11.1 Å². The van der Waals surface area contributed by atoms with Crippen molar-refractivity contribution in [1.82, 2.24) is 16.0 Å². The standard InChI is InChI=1S/C35H39N3O8/c1-35(2,3)46-33(42)29(17-18-30(39)36-20-32(41)44-21-23-11-5-4-6-12-23)38-31(40)19-37-34(43)45-22-28-26-15-9-7-13-24(26)25-14-8-10-16-27(25)28/h4-16,28-29H,17-22H2,1-3H3,(H,36,39)(H,37,43)(H,38,40). The molecule has 3 aromatic rings. The molecular formula is C35H39N3O8. The summed E-state index contributed by atoms with van der Waals surface area (Å²) in [6, 6.07) is 23.8. The van der Waals surface area contributed by atoms with Gasteiger partial charge in [0, 0.05) is 12.3 Å². The van der Waals surface area contributed by atoms with E-state index in [1.807, 2.05) is 78.9 Å². The first-order valence-electron chi connectivity index (χ1n) is 15.1. The van der Waals surface area contributed by atoms with Crippen LogP contribution in [0.15, 0.2) is 78.9 Å². The van der Waals surface area contributed by atoms with Gasteiger partial charge in [-0.2, -0.15) is 0 Å². The lowest BCUT2D eigenvalue weighted by atomic mass is 9.98. The summed E-state index contributed by atoms with van der Waals surface area (Å²) < 4.78 is 16.0. The predicted molar refractivity (Wildman–Crippen MR) is 169 cm³/mol. The first-order chi connectivity index (χ1) is 22.0. The molecule has 0 saturated carbocycles. The maximum absolute atomic E-state index is 12.8. The lowest BCUT2D eigenvalue weighted by Gasteiger charge is -2.24. The zero-order valence-corrected chi connectivity index (χ0v) is 26.2. The minimum absolute atomic E-state index is 0.0758. The van der Waals surface area contributed by atoms with E-state index in [4.69, 9.17) is 14.2 Å².